The lowest BCUT2D eigenvalue weighted by Crippen LogP contribution is -2.30. The van der Waals surface area contributed by atoms with Crippen molar-refractivity contribution in [1.29, 1.82) is 0 Å². The van der Waals surface area contributed by atoms with E-state index < -0.39 is 6.10 Å². The van der Waals surface area contributed by atoms with Gasteiger partial charge in [0, 0.05) is 15.4 Å². The summed E-state index contributed by atoms with van der Waals surface area (Å²) in [5.41, 5.74) is 1.69. The van der Waals surface area contributed by atoms with Gasteiger partial charge in [-0.1, -0.05) is 46.3 Å². The topological polar surface area (TPSA) is 64.4 Å². The zero-order valence-electron chi connectivity index (χ0n) is 14.8. The van der Waals surface area contributed by atoms with Crippen molar-refractivity contribution in [2.24, 2.45) is 0 Å². The van der Waals surface area contributed by atoms with Crippen molar-refractivity contribution in [2.45, 2.75) is 12.6 Å². The molecule has 0 saturated carbocycles. The second kappa shape index (κ2) is 8.26. The Hall–Kier alpha value is -2.48. The lowest BCUT2D eigenvalue weighted by atomic mass is 10.1. The quantitative estimate of drug-likeness (QED) is 0.468. The Labute approximate surface area is 174 Å². The number of nitrogens with zero attached hydrogens (tertiary/aromatic N) is 2. The number of ether oxygens (including phenoxy) is 1. The Balaban J connectivity index is 1.54. The molecule has 1 N–H and O–H groups in total. The molecule has 0 aliphatic heterocycles. The molecule has 1 atom stereocenters. The molecule has 0 aliphatic rings. The van der Waals surface area contributed by atoms with Crippen molar-refractivity contribution in [1.82, 2.24) is 9.55 Å². The number of halogens is 1. The highest BCUT2D eigenvalue weighted by Crippen LogP contribution is 2.30. The van der Waals surface area contributed by atoms with E-state index in [0.717, 1.165) is 15.6 Å². The fourth-order valence-electron chi connectivity index (χ4n) is 2.93. The number of fused-ring (bicyclic) bond motifs is 1. The first-order valence-corrected chi connectivity index (χ1v) is 10.4. The van der Waals surface area contributed by atoms with Gasteiger partial charge in [-0.25, -0.2) is 4.98 Å². The van der Waals surface area contributed by atoms with Gasteiger partial charge in [0.25, 0.3) is 5.56 Å². The Morgan fingerprint density at radius 3 is 2.64 bits per heavy atom. The molecule has 7 heteroatoms. The highest BCUT2D eigenvalue weighted by atomic mass is 79.9. The van der Waals surface area contributed by atoms with Crippen molar-refractivity contribution in [3.05, 3.63) is 81.1 Å². The third kappa shape index (κ3) is 4.01. The second-order valence-corrected chi connectivity index (χ2v) is 8.09. The minimum Gasteiger partial charge on any atom is -0.491 e. The second-order valence-electron chi connectivity index (χ2n) is 6.32. The molecular formula is C21H17BrN2O3S. The molecule has 0 fully saturated rings. The smallest absolute Gasteiger partial charge is 0.262 e. The van der Waals surface area contributed by atoms with E-state index in [9.17, 15) is 9.90 Å². The molecule has 2 heterocycles. The largest absolute Gasteiger partial charge is 0.491 e. The summed E-state index contributed by atoms with van der Waals surface area (Å²) in [5, 5.41) is 12.9. The number of hydrogen-bond acceptors (Lipinski definition) is 5. The molecule has 0 spiro atoms. The van der Waals surface area contributed by atoms with Crippen LogP contribution in [0, 0.1) is 0 Å². The van der Waals surface area contributed by atoms with Gasteiger partial charge >= 0.3 is 0 Å². The van der Waals surface area contributed by atoms with Crippen LogP contribution in [0.2, 0.25) is 0 Å². The van der Waals surface area contributed by atoms with Gasteiger partial charge in [-0.05, 0) is 29.8 Å². The zero-order chi connectivity index (χ0) is 19.5. The lowest BCUT2D eigenvalue weighted by molar-refractivity contribution is 0.0915. The van der Waals surface area contributed by atoms with E-state index in [1.807, 2.05) is 60.0 Å². The summed E-state index contributed by atoms with van der Waals surface area (Å²) in [6.07, 6.45) is 0.651. The zero-order valence-corrected chi connectivity index (χ0v) is 17.2. The number of aliphatic hydroxyl groups is 1. The molecule has 0 aliphatic carbocycles. The van der Waals surface area contributed by atoms with Crippen LogP contribution in [0.5, 0.6) is 5.75 Å². The van der Waals surface area contributed by atoms with Crippen LogP contribution in [-0.2, 0) is 6.54 Å². The Bertz CT molecular complexity index is 1140. The highest BCUT2D eigenvalue weighted by Gasteiger charge is 2.15. The summed E-state index contributed by atoms with van der Waals surface area (Å²) in [4.78, 5) is 18.1. The van der Waals surface area contributed by atoms with Crippen molar-refractivity contribution in [3.8, 4) is 16.9 Å². The number of thiophene rings is 1. The van der Waals surface area contributed by atoms with Gasteiger partial charge in [-0.3, -0.25) is 9.36 Å². The van der Waals surface area contributed by atoms with Crippen LogP contribution in [0.25, 0.3) is 21.3 Å². The minimum absolute atomic E-state index is 0.0846. The molecule has 2 aromatic heterocycles. The van der Waals surface area contributed by atoms with Gasteiger partial charge in [0.05, 0.1) is 18.3 Å². The fourth-order valence-corrected chi connectivity index (χ4v) is 4.10. The van der Waals surface area contributed by atoms with Gasteiger partial charge in [0.2, 0.25) is 0 Å². The molecule has 0 bridgehead atoms. The molecule has 0 unspecified atom stereocenters. The molecule has 4 rings (SSSR count). The Morgan fingerprint density at radius 2 is 1.89 bits per heavy atom. The van der Waals surface area contributed by atoms with E-state index in [1.165, 1.54) is 22.2 Å². The van der Waals surface area contributed by atoms with Crippen LogP contribution < -0.4 is 10.3 Å². The summed E-state index contributed by atoms with van der Waals surface area (Å²) < 4.78 is 7.99. The average molecular weight is 457 g/mol. The summed E-state index contributed by atoms with van der Waals surface area (Å²) >= 11 is 4.81. The van der Waals surface area contributed by atoms with Crippen LogP contribution in [0.15, 0.2) is 75.6 Å². The Morgan fingerprint density at radius 1 is 1.14 bits per heavy atom. The lowest BCUT2D eigenvalue weighted by Gasteiger charge is -2.14. The molecule has 5 nitrogen and oxygen atoms in total. The SMILES string of the molecule is O=c1c2c(-c3ccccc3)csc2ncn1C[C@@H](O)COc1ccc(Br)cc1. The minimum atomic E-state index is -0.834. The van der Waals surface area contributed by atoms with E-state index >= 15 is 0 Å². The fraction of sp³-hybridized carbons (Fsp3) is 0.143. The van der Waals surface area contributed by atoms with Crippen molar-refractivity contribution < 1.29 is 9.84 Å². The van der Waals surface area contributed by atoms with Gasteiger partial charge in [-0.15, -0.1) is 11.3 Å². The molecule has 0 amide bonds. The average Bonchev–Trinajstić information content (AvgIpc) is 3.15. The van der Waals surface area contributed by atoms with E-state index in [0.29, 0.717) is 16.0 Å². The van der Waals surface area contributed by atoms with Crippen LogP contribution in [0.4, 0.5) is 0 Å². The molecule has 4 aromatic rings. The maximum atomic E-state index is 13.0. The summed E-state index contributed by atoms with van der Waals surface area (Å²) in [5.74, 6) is 0.660. The third-order valence-corrected chi connectivity index (χ3v) is 5.72. The number of aliphatic hydroxyl groups excluding tert-OH is 1. The first kappa shape index (κ1) is 18.9. The van der Waals surface area contributed by atoms with Gasteiger partial charge < -0.3 is 9.84 Å². The standard InChI is InChI=1S/C21H17BrN2O3S/c22-15-6-8-17(9-7-15)27-11-16(25)10-24-13-23-20-19(21(24)26)18(12-28-20)14-4-2-1-3-5-14/h1-9,12-13,16,25H,10-11H2/t16-/m1/s1. The number of rotatable bonds is 6. The molecule has 2 aromatic carbocycles. The molecule has 0 saturated heterocycles. The van der Waals surface area contributed by atoms with E-state index in [1.54, 1.807) is 0 Å². The maximum absolute atomic E-state index is 13.0. The molecule has 0 radical (unpaired) electrons. The highest BCUT2D eigenvalue weighted by molar-refractivity contribution is 9.10. The molecular weight excluding hydrogens is 440 g/mol. The van der Waals surface area contributed by atoms with E-state index in [-0.39, 0.29) is 18.7 Å². The maximum Gasteiger partial charge on any atom is 0.262 e. The first-order valence-electron chi connectivity index (χ1n) is 8.70. The third-order valence-electron chi connectivity index (χ3n) is 4.31. The van der Waals surface area contributed by atoms with Gasteiger partial charge in [-0.2, -0.15) is 0 Å². The van der Waals surface area contributed by atoms with Crippen LogP contribution in [-0.4, -0.2) is 27.4 Å². The summed E-state index contributed by atoms with van der Waals surface area (Å²) in [6, 6.07) is 17.1. The number of aromatic nitrogens is 2. The predicted octanol–water partition coefficient (Wildman–Crippen LogP) is 4.33. The van der Waals surface area contributed by atoms with Gasteiger partial charge in [0.1, 0.15) is 23.3 Å². The van der Waals surface area contributed by atoms with Gasteiger partial charge in [0.15, 0.2) is 0 Å². The normalized spacial score (nSPS) is 12.2. The number of hydrogen-bond donors (Lipinski definition) is 1. The van der Waals surface area contributed by atoms with Crippen LogP contribution in [0.1, 0.15) is 0 Å². The summed E-state index contributed by atoms with van der Waals surface area (Å²) in [6.45, 7) is 0.198. The van der Waals surface area contributed by atoms with Crippen LogP contribution in [0.3, 0.4) is 0 Å². The van der Waals surface area contributed by atoms with E-state index in [4.69, 9.17) is 4.74 Å². The Kier molecular flexibility index (Phi) is 5.57. The predicted molar refractivity (Wildman–Crippen MR) is 115 cm³/mol. The first-order chi connectivity index (χ1) is 13.6. The molecule has 28 heavy (non-hydrogen) atoms. The van der Waals surface area contributed by atoms with Crippen molar-refractivity contribution in [3.63, 3.8) is 0 Å². The van der Waals surface area contributed by atoms with Crippen molar-refractivity contribution >= 4 is 37.5 Å². The van der Waals surface area contributed by atoms with Crippen LogP contribution >= 0.6 is 27.3 Å². The van der Waals surface area contributed by atoms with E-state index in [2.05, 4.69) is 20.9 Å². The molecule has 142 valence electrons. The number of benzene rings is 2. The monoisotopic (exact) mass is 456 g/mol. The summed E-state index contributed by atoms with van der Waals surface area (Å²) in [7, 11) is 0. The van der Waals surface area contributed by atoms with Crippen molar-refractivity contribution in [2.75, 3.05) is 6.61 Å².